The molecule has 0 unspecified atom stereocenters. The van der Waals surface area contributed by atoms with Crippen LogP contribution in [0.3, 0.4) is 0 Å². The maximum atomic E-state index is 5.51. The Hall–Kier alpha value is -1.28. The highest BCUT2D eigenvalue weighted by atomic mass is 16.5. The lowest BCUT2D eigenvalue weighted by molar-refractivity contribution is 0.0981. The quantitative estimate of drug-likeness (QED) is 0.726. The van der Waals surface area contributed by atoms with E-state index in [4.69, 9.17) is 9.47 Å². The summed E-state index contributed by atoms with van der Waals surface area (Å²) in [5, 5.41) is 0. The average molecular weight is 190 g/mol. The highest BCUT2D eigenvalue weighted by Gasteiger charge is 2.04. The normalized spacial score (nSPS) is 15.0. The summed E-state index contributed by atoms with van der Waals surface area (Å²) in [7, 11) is 0. The molecule has 2 rings (SSSR count). The largest absolute Gasteiger partial charge is 0.495 e. The topological polar surface area (TPSA) is 18.5 Å². The molecule has 0 bridgehead atoms. The van der Waals surface area contributed by atoms with Crippen LogP contribution in [0.25, 0.3) is 0 Å². The van der Waals surface area contributed by atoms with Crippen molar-refractivity contribution in [3.8, 4) is 0 Å². The van der Waals surface area contributed by atoms with Gasteiger partial charge in [-0.05, 0) is 11.6 Å². The van der Waals surface area contributed by atoms with Gasteiger partial charge in [-0.3, -0.25) is 0 Å². The summed E-state index contributed by atoms with van der Waals surface area (Å²) in [6.45, 7) is 2.06. The van der Waals surface area contributed by atoms with Gasteiger partial charge in [0.1, 0.15) is 12.4 Å². The van der Waals surface area contributed by atoms with Crippen molar-refractivity contribution in [2.75, 3.05) is 13.2 Å². The zero-order chi connectivity index (χ0) is 9.64. The molecule has 0 aromatic heterocycles. The predicted molar refractivity (Wildman–Crippen MR) is 54.8 cm³/mol. The fourth-order valence-corrected chi connectivity index (χ4v) is 1.41. The SMILES string of the molecule is C1=C(COCc2ccccc2)OCC1. The van der Waals surface area contributed by atoms with Gasteiger partial charge in [0.25, 0.3) is 0 Å². The first-order valence-corrected chi connectivity index (χ1v) is 4.88. The Kier molecular flexibility index (Phi) is 3.19. The van der Waals surface area contributed by atoms with Crippen LogP contribution in [0.4, 0.5) is 0 Å². The second-order valence-corrected chi connectivity index (χ2v) is 3.29. The Morgan fingerprint density at radius 3 is 2.71 bits per heavy atom. The smallest absolute Gasteiger partial charge is 0.118 e. The van der Waals surface area contributed by atoms with Crippen molar-refractivity contribution in [2.45, 2.75) is 13.0 Å². The lowest BCUT2D eigenvalue weighted by Crippen LogP contribution is -1.99. The summed E-state index contributed by atoms with van der Waals surface area (Å²) in [6.07, 6.45) is 3.11. The van der Waals surface area contributed by atoms with Crippen molar-refractivity contribution in [2.24, 2.45) is 0 Å². The molecule has 0 saturated carbocycles. The molecule has 1 aliphatic rings. The zero-order valence-corrected chi connectivity index (χ0v) is 8.11. The molecule has 74 valence electrons. The number of hydrogen-bond acceptors (Lipinski definition) is 2. The van der Waals surface area contributed by atoms with E-state index in [2.05, 4.69) is 18.2 Å². The summed E-state index contributed by atoms with van der Waals surface area (Å²) in [6, 6.07) is 10.2. The predicted octanol–water partition coefficient (Wildman–Crippen LogP) is 2.51. The number of rotatable bonds is 4. The van der Waals surface area contributed by atoms with E-state index in [0.29, 0.717) is 13.2 Å². The van der Waals surface area contributed by atoms with E-state index in [1.807, 2.05) is 18.2 Å². The molecule has 0 atom stereocenters. The molecule has 0 amide bonds. The second-order valence-electron chi connectivity index (χ2n) is 3.29. The molecule has 1 aliphatic heterocycles. The molecule has 1 heterocycles. The summed E-state index contributed by atoms with van der Waals surface area (Å²) >= 11 is 0. The molecule has 0 radical (unpaired) electrons. The van der Waals surface area contributed by atoms with Gasteiger partial charge in [0.05, 0.1) is 13.2 Å². The van der Waals surface area contributed by atoms with Crippen molar-refractivity contribution in [3.63, 3.8) is 0 Å². The van der Waals surface area contributed by atoms with Gasteiger partial charge in [-0.2, -0.15) is 0 Å². The molecule has 1 aromatic rings. The Morgan fingerprint density at radius 2 is 2.00 bits per heavy atom. The Morgan fingerprint density at radius 1 is 1.14 bits per heavy atom. The standard InChI is InChI=1S/C12H14O2/c1-2-5-11(6-3-1)9-13-10-12-7-4-8-14-12/h1-3,5-7H,4,8-10H2. The van der Waals surface area contributed by atoms with Gasteiger partial charge in [-0.15, -0.1) is 0 Å². The van der Waals surface area contributed by atoms with E-state index in [1.165, 1.54) is 5.56 Å². The van der Waals surface area contributed by atoms with Gasteiger partial charge in [-0.1, -0.05) is 30.3 Å². The lowest BCUT2D eigenvalue weighted by Gasteiger charge is -2.05. The molecule has 0 fully saturated rings. The van der Waals surface area contributed by atoms with E-state index in [-0.39, 0.29) is 0 Å². The molecular formula is C12H14O2. The Labute approximate surface area is 84.2 Å². The van der Waals surface area contributed by atoms with Crippen LogP contribution in [0.1, 0.15) is 12.0 Å². The van der Waals surface area contributed by atoms with E-state index in [1.54, 1.807) is 0 Å². The molecule has 0 saturated heterocycles. The monoisotopic (exact) mass is 190 g/mol. The van der Waals surface area contributed by atoms with Crippen molar-refractivity contribution >= 4 is 0 Å². The van der Waals surface area contributed by atoms with Crippen LogP contribution >= 0.6 is 0 Å². The maximum absolute atomic E-state index is 5.51. The van der Waals surface area contributed by atoms with E-state index in [9.17, 15) is 0 Å². The minimum atomic E-state index is 0.592. The van der Waals surface area contributed by atoms with E-state index in [0.717, 1.165) is 18.8 Å². The first kappa shape index (κ1) is 9.28. The Balaban J connectivity index is 1.73. The third kappa shape index (κ3) is 2.60. The highest BCUT2D eigenvalue weighted by Crippen LogP contribution is 2.10. The third-order valence-electron chi connectivity index (χ3n) is 2.13. The van der Waals surface area contributed by atoms with Crippen molar-refractivity contribution in [1.29, 1.82) is 0 Å². The van der Waals surface area contributed by atoms with Crippen molar-refractivity contribution in [1.82, 2.24) is 0 Å². The zero-order valence-electron chi connectivity index (χ0n) is 8.11. The molecule has 14 heavy (non-hydrogen) atoms. The molecule has 0 aliphatic carbocycles. The summed E-state index contributed by atoms with van der Waals surface area (Å²) in [5.41, 5.74) is 1.20. The van der Waals surface area contributed by atoms with Gasteiger partial charge in [-0.25, -0.2) is 0 Å². The van der Waals surface area contributed by atoms with Crippen LogP contribution in [-0.2, 0) is 16.1 Å². The van der Waals surface area contributed by atoms with Crippen molar-refractivity contribution in [3.05, 3.63) is 47.7 Å². The van der Waals surface area contributed by atoms with Crippen LogP contribution in [0.2, 0.25) is 0 Å². The van der Waals surface area contributed by atoms with Crippen LogP contribution in [0.15, 0.2) is 42.2 Å². The van der Waals surface area contributed by atoms with Crippen molar-refractivity contribution < 1.29 is 9.47 Å². The second kappa shape index (κ2) is 4.82. The lowest BCUT2D eigenvalue weighted by atomic mass is 10.2. The molecule has 0 N–H and O–H groups in total. The van der Waals surface area contributed by atoms with Crippen LogP contribution in [0, 0.1) is 0 Å². The van der Waals surface area contributed by atoms with Crippen LogP contribution in [-0.4, -0.2) is 13.2 Å². The van der Waals surface area contributed by atoms with Gasteiger partial charge >= 0.3 is 0 Å². The van der Waals surface area contributed by atoms with Gasteiger partial charge in [0.15, 0.2) is 0 Å². The fraction of sp³-hybridized carbons (Fsp3) is 0.333. The molecular weight excluding hydrogens is 176 g/mol. The average Bonchev–Trinajstić information content (AvgIpc) is 2.72. The van der Waals surface area contributed by atoms with E-state index < -0.39 is 0 Å². The molecule has 2 nitrogen and oxygen atoms in total. The molecule has 2 heteroatoms. The first-order chi connectivity index (χ1) is 6.95. The van der Waals surface area contributed by atoms with Gasteiger partial charge in [0.2, 0.25) is 0 Å². The first-order valence-electron chi connectivity index (χ1n) is 4.88. The molecule has 0 spiro atoms. The number of hydrogen-bond donors (Lipinski definition) is 0. The Bertz CT molecular complexity index is 303. The van der Waals surface area contributed by atoms with E-state index >= 15 is 0 Å². The minimum absolute atomic E-state index is 0.592. The third-order valence-corrected chi connectivity index (χ3v) is 2.13. The van der Waals surface area contributed by atoms with Crippen LogP contribution < -0.4 is 0 Å². The number of ether oxygens (including phenoxy) is 2. The summed E-state index contributed by atoms with van der Waals surface area (Å²) < 4.78 is 10.8. The highest BCUT2D eigenvalue weighted by molar-refractivity contribution is 5.13. The van der Waals surface area contributed by atoms with Gasteiger partial charge in [0, 0.05) is 6.42 Å². The number of benzene rings is 1. The summed E-state index contributed by atoms with van der Waals surface area (Å²) in [4.78, 5) is 0. The van der Waals surface area contributed by atoms with Gasteiger partial charge < -0.3 is 9.47 Å². The molecule has 1 aromatic carbocycles. The van der Waals surface area contributed by atoms with Crippen LogP contribution in [0.5, 0.6) is 0 Å². The summed E-state index contributed by atoms with van der Waals surface area (Å²) in [5.74, 6) is 0.973. The minimum Gasteiger partial charge on any atom is -0.495 e. The maximum Gasteiger partial charge on any atom is 0.118 e. The fourth-order valence-electron chi connectivity index (χ4n) is 1.41.